The molecule has 0 aliphatic rings. The van der Waals surface area contributed by atoms with Crippen LogP contribution in [0.5, 0.6) is 0 Å². The van der Waals surface area contributed by atoms with Crippen LogP contribution in [0.25, 0.3) is 0 Å². The van der Waals surface area contributed by atoms with E-state index in [1.165, 1.54) is 6.92 Å². The second kappa shape index (κ2) is 8.83. The monoisotopic (exact) mass is 419 g/mol. The number of hydrogen-bond acceptors (Lipinski definition) is 4. The van der Waals surface area contributed by atoms with E-state index in [1.807, 2.05) is 0 Å². The van der Waals surface area contributed by atoms with Crippen LogP contribution in [-0.4, -0.2) is 18.4 Å². The Morgan fingerprint density at radius 1 is 1.07 bits per heavy atom. The predicted octanol–water partition coefficient (Wildman–Crippen LogP) is 4.78. The molecule has 0 unspecified atom stereocenters. The molecule has 2 aromatic carbocycles. The van der Waals surface area contributed by atoms with Gasteiger partial charge in [0.05, 0.1) is 17.9 Å². The minimum Gasteiger partial charge on any atom is -0.462 e. The first-order chi connectivity index (χ1) is 13.2. The molecule has 10 heteroatoms. The lowest BCUT2D eigenvalue weighted by atomic mass is 10.0. The molecule has 2 aromatic rings. The van der Waals surface area contributed by atoms with E-state index in [0.29, 0.717) is 12.3 Å². The van der Waals surface area contributed by atoms with E-state index >= 15 is 0 Å². The van der Waals surface area contributed by atoms with Gasteiger partial charge in [-0.25, -0.2) is 26.7 Å². The Morgan fingerprint density at radius 2 is 1.75 bits per heavy atom. The van der Waals surface area contributed by atoms with Crippen LogP contribution < -0.4 is 5.32 Å². The maximum Gasteiger partial charge on any atom is 0.343 e. The fraction of sp³-hybridized carbons (Fsp3) is 0.111. The number of carbonyl (C=O) groups excluding carboxylic acids is 2. The van der Waals surface area contributed by atoms with Gasteiger partial charge in [-0.3, -0.25) is 4.79 Å². The van der Waals surface area contributed by atoms with Crippen molar-refractivity contribution < 1.29 is 36.3 Å². The fourth-order valence-electron chi connectivity index (χ4n) is 2.07. The molecule has 0 aliphatic carbocycles. The van der Waals surface area contributed by atoms with Gasteiger partial charge in [0.15, 0.2) is 17.5 Å². The van der Waals surface area contributed by atoms with Crippen LogP contribution in [0.15, 0.2) is 36.0 Å². The standard InChI is InChI=1S/C18H11ClF5NO3/c1-2-28-18(27)10(7-25-13-4-3-8(20)5-11(13)21)17(26)9-6-12(22)16(24)14(19)15(9)23/h3-7,25H,2H2,1H3. The van der Waals surface area contributed by atoms with Crippen LogP contribution >= 0.6 is 11.6 Å². The summed E-state index contributed by atoms with van der Waals surface area (Å²) in [5, 5.41) is 0.968. The zero-order valence-corrected chi connectivity index (χ0v) is 14.8. The van der Waals surface area contributed by atoms with Gasteiger partial charge in [-0.15, -0.1) is 0 Å². The largest absolute Gasteiger partial charge is 0.462 e. The molecular formula is C18H11ClF5NO3. The van der Waals surface area contributed by atoms with Crippen molar-refractivity contribution in [2.45, 2.75) is 6.92 Å². The maximum atomic E-state index is 14.1. The summed E-state index contributed by atoms with van der Waals surface area (Å²) >= 11 is 5.31. The molecular weight excluding hydrogens is 409 g/mol. The Hall–Kier alpha value is -2.94. The number of anilines is 1. The summed E-state index contributed by atoms with van der Waals surface area (Å²) in [6, 6.07) is 2.64. The Balaban J connectivity index is 2.49. The topological polar surface area (TPSA) is 55.4 Å². The van der Waals surface area contributed by atoms with Gasteiger partial charge in [-0.1, -0.05) is 11.6 Å². The van der Waals surface area contributed by atoms with Crippen LogP contribution in [0.2, 0.25) is 5.02 Å². The van der Waals surface area contributed by atoms with E-state index in [4.69, 9.17) is 11.6 Å². The highest BCUT2D eigenvalue weighted by atomic mass is 35.5. The van der Waals surface area contributed by atoms with E-state index in [0.717, 1.165) is 12.1 Å². The van der Waals surface area contributed by atoms with Crippen LogP contribution in [0.1, 0.15) is 17.3 Å². The van der Waals surface area contributed by atoms with Crippen molar-refractivity contribution in [3.05, 3.63) is 75.7 Å². The summed E-state index contributed by atoms with van der Waals surface area (Å²) < 4.78 is 72.2. The molecule has 0 radical (unpaired) electrons. The Morgan fingerprint density at radius 3 is 2.36 bits per heavy atom. The van der Waals surface area contributed by atoms with Gasteiger partial charge in [0.2, 0.25) is 5.78 Å². The number of rotatable bonds is 6. The third-order valence-electron chi connectivity index (χ3n) is 3.39. The highest BCUT2D eigenvalue weighted by Crippen LogP contribution is 2.27. The quantitative estimate of drug-likeness (QED) is 0.107. The van der Waals surface area contributed by atoms with Gasteiger partial charge in [-0.05, 0) is 25.1 Å². The fourth-order valence-corrected chi connectivity index (χ4v) is 2.26. The van der Waals surface area contributed by atoms with Crippen molar-refractivity contribution in [2.24, 2.45) is 0 Å². The molecule has 1 N–H and O–H groups in total. The first-order valence-electron chi connectivity index (χ1n) is 7.63. The molecule has 0 bridgehead atoms. The minimum atomic E-state index is -1.70. The molecule has 0 atom stereocenters. The van der Waals surface area contributed by atoms with Crippen molar-refractivity contribution in [1.29, 1.82) is 0 Å². The minimum absolute atomic E-state index is 0.171. The first-order valence-corrected chi connectivity index (χ1v) is 8.01. The number of benzene rings is 2. The number of nitrogens with one attached hydrogen (secondary N) is 1. The molecule has 4 nitrogen and oxygen atoms in total. The third-order valence-corrected chi connectivity index (χ3v) is 3.72. The third kappa shape index (κ3) is 4.48. The summed E-state index contributed by atoms with van der Waals surface area (Å²) in [7, 11) is 0. The van der Waals surface area contributed by atoms with Crippen LogP contribution in [0.4, 0.5) is 27.6 Å². The van der Waals surface area contributed by atoms with Crippen molar-refractivity contribution in [2.75, 3.05) is 11.9 Å². The van der Waals surface area contributed by atoms with Crippen molar-refractivity contribution in [3.63, 3.8) is 0 Å². The maximum absolute atomic E-state index is 14.1. The SMILES string of the molecule is CCOC(=O)C(=CNc1ccc(F)cc1F)C(=O)c1cc(F)c(F)c(Cl)c1F. The summed E-state index contributed by atoms with van der Waals surface area (Å²) in [4.78, 5) is 24.5. The van der Waals surface area contributed by atoms with Gasteiger partial charge < -0.3 is 10.1 Å². The number of esters is 1. The molecule has 0 amide bonds. The van der Waals surface area contributed by atoms with E-state index < -0.39 is 57.0 Å². The number of ether oxygens (including phenoxy) is 1. The van der Waals surface area contributed by atoms with Crippen LogP contribution in [0.3, 0.4) is 0 Å². The van der Waals surface area contributed by atoms with Gasteiger partial charge >= 0.3 is 5.97 Å². The Kier molecular flexibility index (Phi) is 6.74. The zero-order valence-electron chi connectivity index (χ0n) is 14.1. The number of halogens is 6. The summed E-state index contributed by atoms with van der Waals surface area (Å²) in [5.41, 5.74) is -2.21. The molecule has 148 valence electrons. The molecule has 0 spiro atoms. The molecule has 0 fully saturated rings. The van der Waals surface area contributed by atoms with Gasteiger partial charge in [0.1, 0.15) is 22.2 Å². The van der Waals surface area contributed by atoms with Gasteiger partial charge in [-0.2, -0.15) is 0 Å². The van der Waals surface area contributed by atoms with E-state index in [2.05, 4.69) is 10.1 Å². The average Bonchev–Trinajstić information content (AvgIpc) is 2.64. The number of ketones is 1. The molecule has 0 saturated heterocycles. The number of hydrogen-bond donors (Lipinski definition) is 1. The Bertz CT molecular complexity index is 978. The highest BCUT2D eigenvalue weighted by molar-refractivity contribution is 6.32. The van der Waals surface area contributed by atoms with E-state index in [9.17, 15) is 31.5 Å². The molecule has 0 saturated carbocycles. The van der Waals surface area contributed by atoms with Gasteiger partial charge in [0, 0.05) is 12.3 Å². The van der Waals surface area contributed by atoms with E-state index in [-0.39, 0.29) is 18.4 Å². The lowest BCUT2D eigenvalue weighted by Crippen LogP contribution is -2.19. The lowest BCUT2D eigenvalue weighted by Gasteiger charge is -2.10. The second-order valence-electron chi connectivity index (χ2n) is 5.22. The summed E-state index contributed by atoms with van der Waals surface area (Å²) in [6.45, 7) is 1.25. The normalized spacial score (nSPS) is 11.3. The van der Waals surface area contributed by atoms with Crippen molar-refractivity contribution >= 4 is 29.0 Å². The summed E-state index contributed by atoms with van der Waals surface area (Å²) in [6.07, 6.45) is 0.672. The predicted molar refractivity (Wildman–Crippen MR) is 90.4 cm³/mol. The molecule has 0 heterocycles. The second-order valence-corrected chi connectivity index (χ2v) is 5.60. The number of Topliss-reactive ketones (excluding diaryl/α,β-unsaturated/α-hetero) is 1. The first kappa shape index (κ1) is 21.4. The average molecular weight is 420 g/mol. The van der Waals surface area contributed by atoms with Crippen LogP contribution in [0, 0.1) is 29.1 Å². The summed E-state index contributed by atoms with van der Waals surface area (Å²) in [5.74, 6) is -9.47. The van der Waals surface area contributed by atoms with Crippen molar-refractivity contribution in [1.82, 2.24) is 0 Å². The highest BCUT2D eigenvalue weighted by Gasteiger charge is 2.28. The number of carbonyl (C=O) groups is 2. The van der Waals surface area contributed by atoms with E-state index in [1.54, 1.807) is 0 Å². The smallest absolute Gasteiger partial charge is 0.343 e. The molecule has 0 aliphatic heterocycles. The van der Waals surface area contributed by atoms with Crippen LogP contribution in [-0.2, 0) is 9.53 Å². The van der Waals surface area contributed by atoms with Crippen molar-refractivity contribution in [3.8, 4) is 0 Å². The van der Waals surface area contributed by atoms with Gasteiger partial charge in [0.25, 0.3) is 0 Å². The Labute approximate surface area is 160 Å². The molecule has 2 rings (SSSR count). The molecule has 0 aromatic heterocycles. The lowest BCUT2D eigenvalue weighted by molar-refractivity contribution is -0.138. The molecule has 28 heavy (non-hydrogen) atoms. The zero-order chi connectivity index (χ0) is 21.0.